The van der Waals surface area contributed by atoms with E-state index in [2.05, 4.69) is 5.32 Å². The molecule has 118 valence electrons. The number of anilines is 1. The highest BCUT2D eigenvalue weighted by molar-refractivity contribution is 6.30. The van der Waals surface area contributed by atoms with E-state index in [-0.39, 0.29) is 5.97 Å². The van der Waals surface area contributed by atoms with Crippen LogP contribution in [0.3, 0.4) is 0 Å². The van der Waals surface area contributed by atoms with E-state index >= 15 is 0 Å². The number of nitrogens with one attached hydrogen (secondary N) is 1. The first-order chi connectivity index (χ1) is 11.7. The van der Waals surface area contributed by atoms with Gasteiger partial charge in [0.2, 0.25) is 5.72 Å². The zero-order valence-corrected chi connectivity index (χ0v) is 13.5. The summed E-state index contributed by atoms with van der Waals surface area (Å²) in [6.45, 7) is 0. The molecule has 24 heavy (non-hydrogen) atoms. The summed E-state index contributed by atoms with van der Waals surface area (Å²) in [4.78, 5) is 12.4. The number of benzene rings is 3. The van der Waals surface area contributed by atoms with Crippen LogP contribution in [-0.4, -0.2) is 5.97 Å². The maximum absolute atomic E-state index is 12.4. The summed E-state index contributed by atoms with van der Waals surface area (Å²) in [5, 5.41) is 4.02. The van der Waals surface area contributed by atoms with Gasteiger partial charge in [0.15, 0.2) is 0 Å². The molecule has 3 nitrogen and oxygen atoms in total. The first kappa shape index (κ1) is 14.8. The molecule has 0 aromatic heterocycles. The number of carbonyl (C=O) groups is 1. The first-order valence-electron chi connectivity index (χ1n) is 7.61. The Hall–Kier alpha value is -2.78. The standard InChI is InChI=1S/C20H14ClNO2/c21-15-12-10-14(11-13-15)20(22-16-6-2-1-3-7-16)18-9-5-4-8-17(18)19(23)24-20/h1-13,22H/t20-/m0/s1. The van der Waals surface area contributed by atoms with Crippen LogP contribution in [0.4, 0.5) is 5.69 Å². The summed E-state index contributed by atoms with van der Waals surface area (Å²) in [5.74, 6) is -0.344. The molecule has 0 unspecified atom stereocenters. The third-order valence-electron chi connectivity index (χ3n) is 4.12. The van der Waals surface area contributed by atoms with E-state index < -0.39 is 5.72 Å². The monoisotopic (exact) mass is 335 g/mol. The van der Waals surface area contributed by atoms with Crippen molar-refractivity contribution in [2.45, 2.75) is 5.72 Å². The van der Waals surface area contributed by atoms with E-state index in [1.54, 1.807) is 18.2 Å². The lowest BCUT2D eigenvalue weighted by Crippen LogP contribution is -2.36. The van der Waals surface area contributed by atoms with Crippen LogP contribution in [0, 0.1) is 0 Å². The van der Waals surface area contributed by atoms with E-state index in [1.165, 1.54) is 0 Å². The fourth-order valence-corrected chi connectivity index (χ4v) is 3.13. The molecule has 4 rings (SSSR count). The van der Waals surface area contributed by atoms with Crippen molar-refractivity contribution in [3.63, 3.8) is 0 Å². The number of rotatable bonds is 3. The molecular weight excluding hydrogens is 322 g/mol. The van der Waals surface area contributed by atoms with Gasteiger partial charge in [0.05, 0.1) is 5.56 Å². The Morgan fingerprint density at radius 2 is 1.50 bits per heavy atom. The van der Waals surface area contributed by atoms with Gasteiger partial charge in [-0.15, -0.1) is 0 Å². The Morgan fingerprint density at radius 1 is 0.833 bits per heavy atom. The van der Waals surface area contributed by atoms with Crippen molar-refractivity contribution < 1.29 is 9.53 Å². The van der Waals surface area contributed by atoms with Crippen LogP contribution in [-0.2, 0) is 10.5 Å². The Balaban J connectivity index is 1.91. The average Bonchev–Trinajstić information content (AvgIpc) is 2.90. The van der Waals surface area contributed by atoms with E-state index in [4.69, 9.17) is 16.3 Å². The van der Waals surface area contributed by atoms with Crippen molar-refractivity contribution in [2.24, 2.45) is 0 Å². The molecule has 0 aliphatic carbocycles. The fourth-order valence-electron chi connectivity index (χ4n) is 3.01. The van der Waals surface area contributed by atoms with Crippen molar-refractivity contribution in [3.05, 3.63) is 101 Å². The van der Waals surface area contributed by atoms with Crippen LogP contribution in [0.25, 0.3) is 0 Å². The molecule has 1 aliphatic heterocycles. The third kappa shape index (κ3) is 2.34. The highest BCUT2D eigenvalue weighted by atomic mass is 35.5. The van der Waals surface area contributed by atoms with Crippen molar-refractivity contribution >= 4 is 23.3 Å². The maximum atomic E-state index is 12.4. The maximum Gasteiger partial charge on any atom is 0.341 e. The van der Waals surface area contributed by atoms with Crippen molar-refractivity contribution in [2.75, 3.05) is 5.32 Å². The lowest BCUT2D eigenvalue weighted by Gasteiger charge is -2.31. The highest BCUT2D eigenvalue weighted by Crippen LogP contribution is 2.42. The molecule has 1 N–H and O–H groups in total. The number of halogens is 1. The molecule has 0 bridgehead atoms. The topological polar surface area (TPSA) is 38.3 Å². The number of ether oxygens (including phenoxy) is 1. The van der Waals surface area contributed by atoms with Crippen LogP contribution >= 0.6 is 11.6 Å². The van der Waals surface area contributed by atoms with Gasteiger partial charge >= 0.3 is 5.97 Å². The van der Waals surface area contributed by atoms with Crippen molar-refractivity contribution in [1.29, 1.82) is 0 Å². The molecule has 0 spiro atoms. The largest absolute Gasteiger partial charge is 0.427 e. The minimum absolute atomic E-state index is 0.344. The second-order valence-electron chi connectivity index (χ2n) is 5.61. The molecule has 0 radical (unpaired) electrons. The van der Waals surface area contributed by atoms with Crippen LogP contribution in [0.5, 0.6) is 0 Å². The molecule has 0 fully saturated rings. The Labute approximate surface area is 144 Å². The van der Waals surface area contributed by atoms with Gasteiger partial charge in [-0.1, -0.05) is 60.1 Å². The van der Waals surface area contributed by atoms with Gasteiger partial charge in [0.25, 0.3) is 0 Å². The molecule has 4 heteroatoms. The summed E-state index contributed by atoms with van der Waals surface area (Å²) >= 11 is 6.02. The van der Waals surface area contributed by atoms with Gasteiger partial charge < -0.3 is 10.1 Å². The summed E-state index contributed by atoms with van der Waals surface area (Å²) in [6, 6.07) is 24.4. The quantitative estimate of drug-likeness (QED) is 0.697. The summed E-state index contributed by atoms with van der Waals surface area (Å²) in [7, 11) is 0. The number of carbonyl (C=O) groups excluding carboxylic acids is 1. The number of cyclic esters (lactones) is 1. The van der Waals surface area contributed by atoms with Crippen molar-refractivity contribution in [3.8, 4) is 0 Å². The van der Waals surface area contributed by atoms with Crippen LogP contribution in [0.2, 0.25) is 5.02 Å². The Morgan fingerprint density at radius 3 is 2.25 bits per heavy atom. The lowest BCUT2D eigenvalue weighted by molar-refractivity contribution is 0.0212. The number of esters is 1. The van der Waals surface area contributed by atoms with Crippen LogP contribution in [0.15, 0.2) is 78.9 Å². The normalized spacial score (nSPS) is 18.8. The predicted octanol–water partition coefficient (Wildman–Crippen LogP) is 4.82. The predicted molar refractivity (Wildman–Crippen MR) is 94.2 cm³/mol. The van der Waals surface area contributed by atoms with E-state index in [9.17, 15) is 4.79 Å². The zero-order valence-electron chi connectivity index (χ0n) is 12.7. The zero-order chi connectivity index (χ0) is 16.6. The fraction of sp³-hybridized carbons (Fsp3) is 0.0500. The van der Waals surface area contributed by atoms with E-state index in [0.717, 1.165) is 16.8 Å². The van der Waals surface area contributed by atoms with Crippen LogP contribution in [0.1, 0.15) is 21.5 Å². The molecule has 0 amide bonds. The Kier molecular flexibility index (Phi) is 3.51. The van der Waals surface area contributed by atoms with Gasteiger partial charge in [0.1, 0.15) is 0 Å². The molecule has 1 heterocycles. The second-order valence-corrected chi connectivity index (χ2v) is 6.05. The average molecular weight is 336 g/mol. The molecule has 3 aromatic rings. The Bertz CT molecular complexity index is 893. The third-order valence-corrected chi connectivity index (χ3v) is 4.37. The van der Waals surface area contributed by atoms with Crippen molar-refractivity contribution in [1.82, 2.24) is 0 Å². The van der Waals surface area contributed by atoms with Gasteiger partial charge in [-0.2, -0.15) is 0 Å². The van der Waals surface area contributed by atoms with Gasteiger partial charge in [0, 0.05) is 21.8 Å². The highest BCUT2D eigenvalue weighted by Gasteiger charge is 2.47. The number of hydrogen-bond donors (Lipinski definition) is 1. The second kappa shape index (κ2) is 5.69. The number of hydrogen-bond acceptors (Lipinski definition) is 3. The molecule has 1 atom stereocenters. The lowest BCUT2D eigenvalue weighted by atomic mass is 9.92. The van der Waals surface area contributed by atoms with E-state index in [0.29, 0.717) is 10.6 Å². The first-order valence-corrected chi connectivity index (χ1v) is 7.99. The summed E-state index contributed by atoms with van der Waals surface area (Å²) in [6.07, 6.45) is 0. The summed E-state index contributed by atoms with van der Waals surface area (Å²) in [5.41, 5.74) is 1.96. The molecular formula is C20H14ClNO2. The summed E-state index contributed by atoms with van der Waals surface area (Å²) < 4.78 is 5.86. The SMILES string of the molecule is O=C1O[C@@](Nc2ccccc2)(c2ccc(Cl)cc2)c2ccccc21. The molecule has 3 aromatic carbocycles. The molecule has 1 aliphatic rings. The minimum Gasteiger partial charge on any atom is -0.427 e. The van der Waals surface area contributed by atoms with Gasteiger partial charge in [-0.25, -0.2) is 4.79 Å². The van der Waals surface area contributed by atoms with Gasteiger partial charge in [-0.3, -0.25) is 0 Å². The minimum atomic E-state index is -1.07. The number of para-hydroxylation sites is 1. The van der Waals surface area contributed by atoms with Crippen LogP contribution < -0.4 is 5.32 Å². The van der Waals surface area contributed by atoms with Gasteiger partial charge in [-0.05, 0) is 30.3 Å². The number of fused-ring (bicyclic) bond motifs is 1. The van der Waals surface area contributed by atoms with E-state index in [1.807, 2.05) is 60.7 Å². The molecule has 0 saturated heterocycles. The molecule has 0 saturated carbocycles. The smallest absolute Gasteiger partial charge is 0.341 e.